The van der Waals surface area contributed by atoms with Crippen molar-refractivity contribution in [2.45, 2.75) is 25.4 Å². The summed E-state index contributed by atoms with van der Waals surface area (Å²) in [6, 6.07) is 0. The molecule has 0 aromatic carbocycles. The third kappa shape index (κ3) is 0.956. The Balaban J connectivity index is 2.05. The molecule has 0 aromatic rings. The van der Waals surface area contributed by atoms with Crippen LogP contribution < -0.4 is 0 Å². The van der Waals surface area contributed by atoms with E-state index in [1.54, 1.807) is 0 Å². The molecule has 0 amide bonds. The molecule has 2 aliphatic rings. The van der Waals surface area contributed by atoms with Crippen LogP contribution >= 0.6 is 0 Å². The van der Waals surface area contributed by atoms with E-state index in [-0.39, 0.29) is 6.10 Å². The summed E-state index contributed by atoms with van der Waals surface area (Å²) in [5.74, 6) is 0.903. The second-order valence-corrected chi connectivity index (χ2v) is 3.48. The molecule has 2 rings (SSSR count). The zero-order valence-corrected chi connectivity index (χ0v) is 6.12. The van der Waals surface area contributed by atoms with Crippen molar-refractivity contribution >= 4 is 0 Å². The predicted octanol–water partition coefficient (Wildman–Crippen LogP) is 0.794. The van der Waals surface area contributed by atoms with Gasteiger partial charge in [0.05, 0.1) is 19.3 Å². The Morgan fingerprint density at radius 3 is 2.20 bits per heavy atom. The minimum Gasteiger partial charge on any atom is -0.392 e. The van der Waals surface area contributed by atoms with Gasteiger partial charge in [-0.3, -0.25) is 0 Å². The molecule has 1 N–H and O–H groups in total. The van der Waals surface area contributed by atoms with Crippen LogP contribution in [0.2, 0.25) is 0 Å². The maximum Gasteiger partial charge on any atom is 0.0640 e. The van der Waals surface area contributed by atoms with Gasteiger partial charge in [0.15, 0.2) is 0 Å². The molecule has 2 heteroatoms. The van der Waals surface area contributed by atoms with Gasteiger partial charge < -0.3 is 9.84 Å². The highest BCUT2D eigenvalue weighted by Crippen LogP contribution is 2.33. The largest absolute Gasteiger partial charge is 0.392 e. The summed E-state index contributed by atoms with van der Waals surface area (Å²) in [6.45, 7) is 1.58. The van der Waals surface area contributed by atoms with Crippen LogP contribution in [-0.2, 0) is 4.74 Å². The number of rotatable bonds is 0. The summed E-state index contributed by atoms with van der Waals surface area (Å²) in [5.41, 5.74) is 0. The maximum absolute atomic E-state index is 9.61. The summed E-state index contributed by atoms with van der Waals surface area (Å²) in [6.07, 6.45) is 3.56. The summed E-state index contributed by atoms with van der Waals surface area (Å²) < 4.78 is 5.35. The van der Waals surface area contributed by atoms with Crippen LogP contribution in [0.15, 0.2) is 0 Å². The van der Waals surface area contributed by atoms with Gasteiger partial charge in [-0.15, -0.1) is 0 Å². The van der Waals surface area contributed by atoms with Crippen molar-refractivity contribution in [1.82, 2.24) is 0 Å². The number of hydrogen-bond donors (Lipinski definition) is 1. The quantitative estimate of drug-likeness (QED) is 0.542. The van der Waals surface area contributed by atoms with Crippen LogP contribution in [0, 0.1) is 11.8 Å². The number of ether oxygens (including phenoxy) is 1. The molecule has 0 spiro atoms. The second kappa shape index (κ2) is 2.51. The summed E-state index contributed by atoms with van der Waals surface area (Å²) in [5, 5.41) is 9.61. The SMILES string of the molecule is OC1[C@@H]2CCC[C@@H]1COC2. The molecular formula is C8H14O2. The van der Waals surface area contributed by atoms with Gasteiger partial charge in [0.2, 0.25) is 0 Å². The van der Waals surface area contributed by atoms with Gasteiger partial charge in [-0.05, 0) is 12.8 Å². The lowest BCUT2D eigenvalue weighted by Gasteiger charge is -2.38. The lowest BCUT2D eigenvalue weighted by molar-refractivity contribution is -0.102. The zero-order chi connectivity index (χ0) is 6.97. The number of hydrogen-bond acceptors (Lipinski definition) is 2. The molecule has 1 heterocycles. The molecule has 2 bridgehead atoms. The summed E-state index contributed by atoms with van der Waals surface area (Å²) in [4.78, 5) is 0. The van der Waals surface area contributed by atoms with Crippen LogP contribution in [0.1, 0.15) is 19.3 Å². The molecule has 2 atom stereocenters. The van der Waals surface area contributed by atoms with Crippen molar-refractivity contribution in [3.63, 3.8) is 0 Å². The molecule has 0 radical (unpaired) electrons. The Hall–Kier alpha value is -0.0800. The average Bonchev–Trinajstić information content (AvgIpc) is 1.86. The normalized spacial score (nSPS) is 47.1. The zero-order valence-electron chi connectivity index (χ0n) is 6.12. The molecule has 2 nitrogen and oxygen atoms in total. The molecule has 0 unspecified atom stereocenters. The third-order valence-corrected chi connectivity index (χ3v) is 2.78. The molecule has 58 valence electrons. The van der Waals surface area contributed by atoms with Crippen LogP contribution in [0.4, 0.5) is 0 Å². The second-order valence-electron chi connectivity index (χ2n) is 3.48. The monoisotopic (exact) mass is 142 g/mol. The highest BCUT2D eigenvalue weighted by atomic mass is 16.5. The summed E-state index contributed by atoms with van der Waals surface area (Å²) in [7, 11) is 0. The van der Waals surface area contributed by atoms with Gasteiger partial charge in [0, 0.05) is 11.8 Å². The van der Waals surface area contributed by atoms with Gasteiger partial charge in [0.25, 0.3) is 0 Å². The fraction of sp³-hybridized carbons (Fsp3) is 1.00. The van der Waals surface area contributed by atoms with Gasteiger partial charge in [0.1, 0.15) is 0 Å². The van der Waals surface area contributed by atoms with Crippen LogP contribution in [0.25, 0.3) is 0 Å². The van der Waals surface area contributed by atoms with E-state index in [0.29, 0.717) is 11.8 Å². The first-order valence-electron chi connectivity index (χ1n) is 4.14. The van der Waals surface area contributed by atoms with E-state index in [0.717, 1.165) is 26.1 Å². The predicted molar refractivity (Wildman–Crippen MR) is 37.7 cm³/mol. The Labute approximate surface area is 61.2 Å². The molecule has 0 aromatic heterocycles. The molecular weight excluding hydrogens is 128 g/mol. The summed E-state index contributed by atoms with van der Waals surface area (Å²) >= 11 is 0. The lowest BCUT2D eigenvalue weighted by Crippen LogP contribution is -2.42. The third-order valence-electron chi connectivity index (χ3n) is 2.78. The van der Waals surface area contributed by atoms with Gasteiger partial charge in [-0.2, -0.15) is 0 Å². The average molecular weight is 142 g/mol. The van der Waals surface area contributed by atoms with Crippen molar-refractivity contribution < 1.29 is 9.84 Å². The van der Waals surface area contributed by atoms with E-state index < -0.39 is 0 Å². The van der Waals surface area contributed by atoms with Crippen molar-refractivity contribution in [3.8, 4) is 0 Å². The fourth-order valence-electron chi connectivity index (χ4n) is 2.10. The number of fused-ring (bicyclic) bond motifs is 2. The van der Waals surface area contributed by atoms with E-state index in [4.69, 9.17) is 4.74 Å². The van der Waals surface area contributed by atoms with Crippen LogP contribution in [-0.4, -0.2) is 24.4 Å². The minimum atomic E-state index is -0.0532. The Bertz CT molecular complexity index is 102. The van der Waals surface area contributed by atoms with Crippen LogP contribution in [0.5, 0.6) is 0 Å². The Morgan fingerprint density at radius 1 is 1.10 bits per heavy atom. The molecule has 2 fully saturated rings. The molecule has 1 aliphatic carbocycles. The number of aliphatic hydroxyl groups excluding tert-OH is 1. The van der Waals surface area contributed by atoms with Crippen LogP contribution in [0.3, 0.4) is 0 Å². The van der Waals surface area contributed by atoms with Crippen molar-refractivity contribution in [2.24, 2.45) is 11.8 Å². The lowest BCUT2D eigenvalue weighted by atomic mass is 9.78. The molecule has 10 heavy (non-hydrogen) atoms. The van der Waals surface area contributed by atoms with Crippen molar-refractivity contribution in [2.75, 3.05) is 13.2 Å². The minimum absolute atomic E-state index is 0.0532. The Morgan fingerprint density at radius 2 is 1.70 bits per heavy atom. The standard InChI is InChI=1S/C8H14O2/c9-8-6-2-1-3-7(8)5-10-4-6/h6-9H,1-5H2/t6-,7-/m1/s1. The molecule has 1 saturated carbocycles. The number of aliphatic hydroxyl groups is 1. The van der Waals surface area contributed by atoms with E-state index in [1.807, 2.05) is 0 Å². The first kappa shape index (κ1) is 6.62. The van der Waals surface area contributed by atoms with Gasteiger partial charge in [-0.1, -0.05) is 6.42 Å². The molecule has 1 saturated heterocycles. The first-order chi connectivity index (χ1) is 4.88. The maximum atomic E-state index is 9.61. The van der Waals surface area contributed by atoms with E-state index in [2.05, 4.69) is 0 Å². The molecule has 1 aliphatic heterocycles. The van der Waals surface area contributed by atoms with E-state index in [9.17, 15) is 5.11 Å². The highest BCUT2D eigenvalue weighted by Gasteiger charge is 2.35. The smallest absolute Gasteiger partial charge is 0.0640 e. The van der Waals surface area contributed by atoms with Crippen molar-refractivity contribution in [1.29, 1.82) is 0 Å². The first-order valence-corrected chi connectivity index (χ1v) is 4.14. The highest BCUT2D eigenvalue weighted by molar-refractivity contribution is 4.84. The van der Waals surface area contributed by atoms with Crippen molar-refractivity contribution in [3.05, 3.63) is 0 Å². The fourth-order valence-corrected chi connectivity index (χ4v) is 2.10. The Kier molecular flexibility index (Phi) is 1.66. The van der Waals surface area contributed by atoms with Gasteiger partial charge >= 0.3 is 0 Å². The van der Waals surface area contributed by atoms with E-state index in [1.165, 1.54) is 6.42 Å². The topological polar surface area (TPSA) is 29.5 Å². The van der Waals surface area contributed by atoms with Gasteiger partial charge in [-0.25, -0.2) is 0 Å². The van der Waals surface area contributed by atoms with E-state index >= 15 is 0 Å².